The van der Waals surface area contributed by atoms with Crippen LogP contribution < -0.4 is 0 Å². The fourth-order valence-corrected chi connectivity index (χ4v) is 0.738. The largest absolute Gasteiger partial charge is 0.478 e. The van der Waals surface area contributed by atoms with Crippen LogP contribution in [0.15, 0.2) is 12.2 Å². The summed E-state index contributed by atoms with van der Waals surface area (Å²) in [7, 11) is 3.86. The number of esters is 1. The Hall–Kier alpha value is -1.40. The third-order valence-corrected chi connectivity index (χ3v) is 1.52. The van der Waals surface area contributed by atoms with Crippen molar-refractivity contribution in [2.75, 3.05) is 40.5 Å². The van der Waals surface area contributed by atoms with Crippen molar-refractivity contribution in [3.8, 4) is 0 Å². The molecule has 0 aromatic heterocycles. The van der Waals surface area contributed by atoms with E-state index in [1.54, 1.807) is 0 Å². The van der Waals surface area contributed by atoms with Gasteiger partial charge >= 0.3 is 11.9 Å². The van der Waals surface area contributed by atoms with Gasteiger partial charge in [-0.25, -0.2) is 9.59 Å². The molecule has 0 aromatic rings. The lowest BCUT2D eigenvalue weighted by molar-refractivity contribution is -0.140. The van der Waals surface area contributed by atoms with E-state index >= 15 is 0 Å². The first-order valence-electron chi connectivity index (χ1n) is 4.82. The highest BCUT2D eigenvalue weighted by Crippen LogP contribution is 1.84. The fraction of sp³-hybridized carbons (Fsp3) is 0.600. The van der Waals surface area contributed by atoms with Crippen LogP contribution >= 0.6 is 0 Å². The molecule has 0 unspecified atom stereocenters. The van der Waals surface area contributed by atoms with Crippen molar-refractivity contribution in [3.05, 3.63) is 12.2 Å². The van der Waals surface area contributed by atoms with Gasteiger partial charge in [-0.2, -0.15) is 0 Å². The molecule has 6 nitrogen and oxygen atoms in total. The number of hydrogen-bond donors (Lipinski definition) is 1. The van der Waals surface area contributed by atoms with Crippen molar-refractivity contribution in [1.29, 1.82) is 0 Å². The van der Waals surface area contributed by atoms with Gasteiger partial charge in [0.15, 0.2) is 0 Å². The molecule has 0 rings (SSSR count). The van der Waals surface area contributed by atoms with Gasteiger partial charge in [-0.3, -0.25) is 0 Å². The predicted octanol–water partition coefficient (Wildman–Crippen LogP) is -0.251. The second-order valence-corrected chi connectivity index (χ2v) is 3.25. The summed E-state index contributed by atoms with van der Waals surface area (Å²) in [5, 5.41) is 8.23. The Morgan fingerprint density at radius 2 is 1.88 bits per heavy atom. The second kappa shape index (κ2) is 8.87. The summed E-state index contributed by atoms with van der Waals surface area (Å²) >= 11 is 0. The highest BCUT2D eigenvalue weighted by Gasteiger charge is 1.98. The summed E-state index contributed by atoms with van der Waals surface area (Å²) in [5.74, 6) is -1.86. The van der Waals surface area contributed by atoms with E-state index in [0.29, 0.717) is 13.2 Å². The number of nitrogens with zero attached hydrogens (tertiary/aromatic N) is 1. The summed E-state index contributed by atoms with van der Waals surface area (Å²) < 4.78 is 9.83. The number of rotatable bonds is 8. The topological polar surface area (TPSA) is 76.1 Å². The first kappa shape index (κ1) is 14.6. The SMILES string of the molecule is CN(C)CCOCCOC(=O)/C=C\C(=O)O. The fourth-order valence-electron chi connectivity index (χ4n) is 0.738. The summed E-state index contributed by atoms with van der Waals surface area (Å²) in [6.07, 6.45) is 1.59. The Morgan fingerprint density at radius 1 is 1.19 bits per heavy atom. The number of carboxylic acids is 1. The Balaban J connectivity index is 3.38. The zero-order valence-corrected chi connectivity index (χ0v) is 9.51. The Labute approximate surface area is 94.4 Å². The van der Waals surface area contributed by atoms with Gasteiger partial charge in [-0.1, -0.05) is 0 Å². The number of carbonyl (C=O) groups is 2. The molecule has 0 atom stereocenters. The average Bonchev–Trinajstić information content (AvgIpc) is 2.19. The molecule has 0 aliphatic carbocycles. The molecule has 0 aliphatic heterocycles. The quantitative estimate of drug-likeness (QED) is 0.352. The molecule has 0 saturated carbocycles. The molecule has 0 bridgehead atoms. The van der Waals surface area contributed by atoms with E-state index in [9.17, 15) is 9.59 Å². The van der Waals surface area contributed by atoms with Crippen molar-refractivity contribution in [1.82, 2.24) is 4.90 Å². The van der Waals surface area contributed by atoms with Gasteiger partial charge in [0.1, 0.15) is 6.61 Å². The zero-order chi connectivity index (χ0) is 12.4. The molecular formula is C10H17NO5. The number of hydrogen-bond acceptors (Lipinski definition) is 5. The monoisotopic (exact) mass is 231 g/mol. The molecular weight excluding hydrogens is 214 g/mol. The average molecular weight is 231 g/mol. The smallest absolute Gasteiger partial charge is 0.331 e. The van der Waals surface area contributed by atoms with Crippen LogP contribution in [-0.4, -0.2) is 62.4 Å². The minimum absolute atomic E-state index is 0.121. The Bertz CT molecular complexity index is 250. The van der Waals surface area contributed by atoms with Crippen molar-refractivity contribution >= 4 is 11.9 Å². The summed E-state index contributed by atoms with van der Waals surface area (Å²) in [6.45, 7) is 1.79. The summed E-state index contributed by atoms with van der Waals surface area (Å²) in [5.41, 5.74) is 0. The van der Waals surface area contributed by atoms with Gasteiger partial charge in [0.25, 0.3) is 0 Å². The number of ether oxygens (including phenoxy) is 2. The standard InChI is InChI=1S/C10H17NO5/c1-11(2)5-6-15-7-8-16-10(14)4-3-9(12)13/h3-4H,5-8H2,1-2H3,(H,12,13)/b4-3-. The van der Waals surface area contributed by atoms with Crippen LogP contribution in [0.5, 0.6) is 0 Å². The van der Waals surface area contributed by atoms with Crippen LogP contribution in [0.1, 0.15) is 0 Å². The van der Waals surface area contributed by atoms with E-state index in [1.165, 1.54) is 0 Å². The predicted molar refractivity (Wildman–Crippen MR) is 57.1 cm³/mol. The first-order chi connectivity index (χ1) is 7.52. The molecule has 0 radical (unpaired) electrons. The number of carboxylic acid groups (broad SMARTS) is 1. The van der Waals surface area contributed by atoms with E-state index in [0.717, 1.165) is 18.7 Å². The normalized spacial score (nSPS) is 10.9. The Morgan fingerprint density at radius 3 is 2.44 bits per heavy atom. The molecule has 0 aliphatic rings. The van der Waals surface area contributed by atoms with E-state index in [-0.39, 0.29) is 6.61 Å². The van der Waals surface area contributed by atoms with Crippen LogP contribution in [0.25, 0.3) is 0 Å². The number of likely N-dealkylation sites (N-methyl/N-ethyl adjacent to an activating group) is 1. The summed E-state index contributed by atoms with van der Waals surface area (Å²) in [4.78, 5) is 22.9. The van der Waals surface area contributed by atoms with Crippen molar-refractivity contribution in [3.63, 3.8) is 0 Å². The lowest BCUT2D eigenvalue weighted by Crippen LogP contribution is -2.19. The lowest BCUT2D eigenvalue weighted by atomic mass is 10.5. The minimum atomic E-state index is -1.18. The van der Waals surface area contributed by atoms with E-state index in [4.69, 9.17) is 9.84 Å². The third-order valence-electron chi connectivity index (χ3n) is 1.52. The maximum absolute atomic E-state index is 10.9. The molecule has 0 saturated heterocycles. The van der Waals surface area contributed by atoms with Crippen LogP contribution in [-0.2, 0) is 19.1 Å². The van der Waals surface area contributed by atoms with E-state index < -0.39 is 11.9 Å². The molecule has 92 valence electrons. The summed E-state index contributed by atoms with van der Waals surface area (Å²) in [6, 6.07) is 0. The molecule has 0 fully saturated rings. The molecule has 1 N–H and O–H groups in total. The van der Waals surface area contributed by atoms with Gasteiger partial charge in [0.05, 0.1) is 13.2 Å². The molecule has 0 heterocycles. The lowest BCUT2D eigenvalue weighted by Gasteiger charge is -2.09. The molecule has 16 heavy (non-hydrogen) atoms. The van der Waals surface area contributed by atoms with Crippen LogP contribution in [0.4, 0.5) is 0 Å². The number of carbonyl (C=O) groups excluding carboxylic acids is 1. The van der Waals surface area contributed by atoms with Crippen LogP contribution in [0, 0.1) is 0 Å². The van der Waals surface area contributed by atoms with Gasteiger partial charge in [-0.05, 0) is 14.1 Å². The van der Waals surface area contributed by atoms with Crippen LogP contribution in [0.3, 0.4) is 0 Å². The third kappa shape index (κ3) is 10.7. The zero-order valence-electron chi connectivity index (χ0n) is 9.51. The van der Waals surface area contributed by atoms with Crippen molar-refractivity contribution in [2.24, 2.45) is 0 Å². The molecule has 0 amide bonds. The van der Waals surface area contributed by atoms with Gasteiger partial charge in [0, 0.05) is 18.7 Å². The number of aliphatic carboxylic acids is 1. The van der Waals surface area contributed by atoms with Gasteiger partial charge in [0.2, 0.25) is 0 Å². The van der Waals surface area contributed by atoms with Gasteiger partial charge < -0.3 is 19.5 Å². The maximum Gasteiger partial charge on any atom is 0.331 e. The molecule has 0 aromatic carbocycles. The minimum Gasteiger partial charge on any atom is -0.478 e. The Kier molecular flexibility index (Phi) is 8.10. The van der Waals surface area contributed by atoms with Crippen molar-refractivity contribution < 1.29 is 24.2 Å². The van der Waals surface area contributed by atoms with Gasteiger partial charge in [-0.15, -0.1) is 0 Å². The van der Waals surface area contributed by atoms with E-state index in [2.05, 4.69) is 4.74 Å². The van der Waals surface area contributed by atoms with E-state index in [1.807, 2.05) is 19.0 Å². The molecule has 6 heteroatoms. The maximum atomic E-state index is 10.9. The second-order valence-electron chi connectivity index (χ2n) is 3.25. The molecule has 0 spiro atoms. The van der Waals surface area contributed by atoms with Crippen LogP contribution in [0.2, 0.25) is 0 Å². The highest BCUT2D eigenvalue weighted by molar-refractivity contribution is 5.90. The van der Waals surface area contributed by atoms with Crippen molar-refractivity contribution in [2.45, 2.75) is 0 Å². The first-order valence-corrected chi connectivity index (χ1v) is 4.82. The highest BCUT2D eigenvalue weighted by atomic mass is 16.6.